The molecule has 2 rings (SSSR count). The number of hydrogen-bond donors (Lipinski definition) is 2. The zero-order valence-electron chi connectivity index (χ0n) is 8.99. The Hall–Kier alpha value is -1.38. The number of hydrogen-bond acceptors (Lipinski definition) is 4. The molecule has 84 valence electrons. The predicted molar refractivity (Wildman–Crippen MR) is 63.2 cm³/mol. The molecule has 1 saturated heterocycles. The number of nitrogens with one attached hydrogen (secondary N) is 2. The molecule has 1 aliphatic rings. The van der Waals surface area contributed by atoms with Gasteiger partial charge in [0.1, 0.15) is 11.1 Å². The van der Waals surface area contributed by atoms with Crippen LogP contribution in [0.3, 0.4) is 0 Å². The van der Waals surface area contributed by atoms with Gasteiger partial charge in [-0.1, -0.05) is 0 Å². The molecular weight excluding hydrogens is 222 g/mol. The average Bonchev–Trinajstić information content (AvgIpc) is 2.86. The first-order chi connectivity index (χ1) is 7.72. The van der Waals surface area contributed by atoms with Gasteiger partial charge in [-0.15, -0.1) is 11.3 Å². The first-order valence-corrected chi connectivity index (χ1v) is 6.12. The van der Waals surface area contributed by atoms with Crippen molar-refractivity contribution in [2.45, 2.75) is 19.4 Å². The molecule has 2 N–H and O–H groups in total. The van der Waals surface area contributed by atoms with E-state index in [1.54, 1.807) is 6.07 Å². The monoisotopic (exact) mass is 235 g/mol. The lowest BCUT2D eigenvalue weighted by atomic mass is 10.0. The lowest BCUT2D eigenvalue weighted by Gasteiger charge is -2.14. The summed E-state index contributed by atoms with van der Waals surface area (Å²) in [6.07, 6.45) is 0.861. The Morgan fingerprint density at radius 2 is 2.56 bits per heavy atom. The van der Waals surface area contributed by atoms with Crippen LogP contribution in [0.25, 0.3) is 0 Å². The quantitative estimate of drug-likeness (QED) is 0.817. The summed E-state index contributed by atoms with van der Waals surface area (Å²) in [5.74, 6) is 0.0186. The van der Waals surface area contributed by atoms with Crippen molar-refractivity contribution in [2.24, 2.45) is 5.92 Å². The van der Waals surface area contributed by atoms with Crippen molar-refractivity contribution in [2.75, 3.05) is 11.9 Å². The molecule has 0 saturated carbocycles. The molecule has 1 aromatic rings. The van der Waals surface area contributed by atoms with Crippen molar-refractivity contribution in [3.8, 4) is 6.07 Å². The highest BCUT2D eigenvalue weighted by atomic mass is 32.1. The van der Waals surface area contributed by atoms with Crippen LogP contribution in [0.2, 0.25) is 0 Å². The number of thiophene rings is 1. The maximum atomic E-state index is 11.9. The van der Waals surface area contributed by atoms with Gasteiger partial charge in [0.25, 0.3) is 0 Å². The lowest BCUT2D eigenvalue weighted by Crippen LogP contribution is -2.31. The summed E-state index contributed by atoms with van der Waals surface area (Å²) >= 11 is 1.39. The highest BCUT2D eigenvalue weighted by Gasteiger charge is 2.29. The number of carbonyl (C=O) groups is 1. The van der Waals surface area contributed by atoms with E-state index in [0.29, 0.717) is 10.6 Å². The average molecular weight is 235 g/mol. The van der Waals surface area contributed by atoms with E-state index in [0.717, 1.165) is 13.0 Å². The van der Waals surface area contributed by atoms with Gasteiger partial charge < -0.3 is 10.6 Å². The highest BCUT2D eigenvalue weighted by molar-refractivity contribution is 7.14. The number of amides is 1. The Balaban J connectivity index is 2.05. The first-order valence-electron chi connectivity index (χ1n) is 5.24. The molecule has 0 spiro atoms. The number of nitrogens with zero attached hydrogens (tertiary/aromatic N) is 1. The van der Waals surface area contributed by atoms with Crippen LogP contribution in [-0.2, 0) is 4.79 Å². The van der Waals surface area contributed by atoms with Crippen molar-refractivity contribution in [3.05, 3.63) is 17.0 Å². The summed E-state index contributed by atoms with van der Waals surface area (Å²) in [4.78, 5) is 11.9. The first kappa shape index (κ1) is 11.1. The summed E-state index contributed by atoms with van der Waals surface area (Å²) in [6.45, 7) is 2.89. The van der Waals surface area contributed by atoms with E-state index in [1.807, 2.05) is 12.3 Å². The summed E-state index contributed by atoms with van der Waals surface area (Å²) < 4.78 is 0. The minimum Gasteiger partial charge on any atom is -0.316 e. The second kappa shape index (κ2) is 4.64. The van der Waals surface area contributed by atoms with E-state index in [2.05, 4.69) is 16.7 Å². The molecule has 1 amide bonds. The van der Waals surface area contributed by atoms with Crippen LogP contribution in [0.1, 0.15) is 18.9 Å². The Kier molecular flexibility index (Phi) is 3.22. The Morgan fingerprint density at radius 1 is 1.75 bits per heavy atom. The molecule has 1 fully saturated rings. The summed E-state index contributed by atoms with van der Waals surface area (Å²) in [5.41, 5.74) is 0.539. The summed E-state index contributed by atoms with van der Waals surface area (Å²) in [6, 6.07) is 4.00. The van der Waals surface area contributed by atoms with Gasteiger partial charge >= 0.3 is 0 Å². The molecule has 0 bridgehead atoms. The van der Waals surface area contributed by atoms with Crippen molar-refractivity contribution in [1.29, 1.82) is 5.26 Å². The molecule has 0 radical (unpaired) electrons. The van der Waals surface area contributed by atoms with Crippen LogP contribution in [0.4, 0.5) is 5.00 Å². The van der Waals surface area contributed by atoms with Crippen LogP contribution >= 0.6 is 11.3 Å². The van der Waals surface area contributed by atoms with E-state index >= 15 is 0 Å². The molecule has 4 nitrogen and oxygen atoms in total. The van der Waals surface area contributed by atoms with Crippen LogP contribution < -0.4 is 10.6 Å². The van der Waals surface area contributed by atoms with Crippen molar-refractivity contribution in [1.82, 2.24) is 5.32 Å². The van der Waals surface area contributed by atoms with Gasteiger partial charge in [0, 0.05) is 6.04 Å². The number of anilines is 1. The molecule has 2 unspecified atom stereocenters. The van der Waals surface area contributed by atoms with Gasteiger partial charge in [0.05, 0.1) is 11.5 Å². The van der Waals surface area contributed by atoms with Crippen LogP contribution in [0.5, 0.6) is 0 Å². The van der Waals surface area contributed by atoms with E-state index in [9.17, 15) is 4.79 Å². The third-order valence-electron chi connectivity index (χ3n) is 2.88. The lowest BCUT2D eigenvalue weighted by molar-refractivity contribution is -0.119. The minimum absolute atomic E-state index is 0.00800. The largest absolute Gasteiger partial charge is 0.316 e. The number of carbonyl (C=O) groups excluding carboxylic acids is 1. The van der Waals surface area contributed by atoms with Gasteiger partial charge in [-0.25, -0.2) is 0 Å². The van der Waals surface area contributed by atoms with Crippen molar-refractivity contribution >= 4 is 22.2 Å². The van der Waals surface area contributed by atoms with Crippen LogP contribution in [0.15, 0.2) is 11.4 Å². The second-order valence-electron chi connectivity index (χ2n) is 3.90. The molecule has 1 aliphatic heterocycles. The van der Waals surface area contributed by atoms with Gasteiger partial charge in [-0.3, -0.25) is 4.79 Å². The molecule has 2 heterocycles. The van der Waals surface area contributed by atoms with E-state index in [1.165, 1.54) is 11.3 Å². The molecule has 1 aromatic heterocycles. The zero-order valence-corrected chi connectivity index (χ0v) is 9.80. The Labute approximate surface area is 98.3 Å². The van der Waals surface area contributed by atoms with Crippen LogP contribution in [0, 0.1) is 17.2 Å². The standard InChI is InChI=1S/C11H13N3OS/c1-7-9(2-4-13-7)10(15)14-11-8(6-12)3-5-16-11/h3,5,7,9,13H,2,4H2,1H3,(H,14,15). The predicted octanol–water partition coefficient (Wildman–Crippen LogP) is 1.56. The van der Waals surface area contributed by atoms with Crippen molar-refractivity contribution in [3.63, 3.8) is 0 Å². The smallest absolute Gasteiger partial charge is 0.229 e. The van der Waals surface area contributed by atoms with E-state index in [4.69, 9.17) is 5.26 Å². The fourth-order valence-corrected chi connectivity index (χ4v) is 2.66. The van der Waals surface area contributed by atoms with E-state index < -0.39 is 0 Å². The molecule has 5 heteroatoms. The van der Waals surface area contributed by atoms with Gasteiger partial charge in [0.2, 0.25) is 5.91 Å². The Bertz CT molecular complexity index is 435. The minimum atomic E-state index is 0.00800. The second-order valence-corrected chi connectivity index (χ2v) is 4.82. The van der Waals surface area contributed by atoms with Gasteiger partial charge in [-0.05, 0) is 31.3 Å². The molecular formula is C11H13N3OS. The zero-order chi connectivity index (χ0) is 11.5. The number of nitriles is 1. The fraction of sp³-hybridized carbons (Fsp3) is 0.455. The molecule has 0 aromatic carbocycles. The maximum Gasteiger partial charge on any atom is 0.229 e. The number of rotatable bonds is 2. The van der Waals surface area contributed by atoms with Crippen LogP contribution in [-0.4, -0.2) is 18.5 Å². The molecule has 0 aliphatic carbocycles. The molecule has 2 atom stereocenters. The van der Waals surface area contributed by atoms with Crippen molar-refractivity contribution < 1.29 is 4.79 Å². The summed E-state index contributed by atoms with van der Waals surface area (Å²) in [7, 11) is 0. The SMILES string of the molecule is CC1NCCC1C(=O)Nc1sccc1C#N. The third kappa shape index (κ3) is 2.08. The van der Waals surface area contributed by atoms with Gasteiger partial charge in [0.15, 0.2) is 0 Å². The topological polar surface area (TPSA) is 64.9 Å². The normalized spacial score (nSPS) is 24.0. The van der Waals surface area contributed by atoms with E-state index in [-0.39, 0.29) is 17.9 Å². The molecule has 16 heavy (non-hydrogen) atoms. The maximum absolute atomic E-state index is 11.9. The highest BCUT2D eigenvalue weighted by Crippen LogP contribution is 2.24. The van der Waals surface area contributed by atoms with Gasteiger partial charge in [-0.2, -0.15) is 5.26 Å². The summed E-state index contributed by atoms with van der Waals surface area (Å²) in [5, 5.41) is 17.4. The Morgan fingerprint density at radius 3 is 3.19 bits per heavy atom. The fourth-order valence-electron chi connectivity index (χ4n) is 1.92. The third-order valence-corrected chi connectivity index (χ3v) is 3.71.